The Labute approximate surface area is 220 Å². The van der Waals surface area contributed by atoms with Crippen molar-refractivity contribution < 1.29 is 18.4 Å². The summed E-state index contributed by atoms with van der Waals surface area (Å²) >= 11 is 2.43. The minimum Gasteiger partial charge on any atom is -0.466 e. The van der Waals surface area contributed by atoms with E-state index < -0.39 is 12.0 Å². The molecule has 0 saturated carbocycles. The number of rotatable bonds is 6. The Morgan fingerprint density at radius 2 is 1.89 bits per heavy atom. The summed E-state index contributed by atoms with van der Waals surface area (Å²) in [5, 5.41) is 8.67. The maximum absolute atomic E-state index is 13.7. The van der Waals surface area contributed by atoms with Crippen molar-refractivity contribution in [1.29, 1.82) is 0 Å². The number of thiazole rings is 1. The fraction of sp³-hybridized carbons (Fsp3) is 0.269. The SMILES string of the molecule is COC(=O)C1=C(C)N=c2sc(=Cc3ccc(Sc4nnc(C)o4)o3)c(=O)n2C1c1ccc(C(C)C)cc1. The summed E-state index contributed by atoms with van der Waals surface area (Å²) in [5.74, 6) is 0.794. The van der Waals surface area contributed by atoms with Crippen molar-refractivity contribution in [2.45, 2.75) is 50.0 Å². The Balaban J connectivity index is 1.58. The van der Waals surface area contributed by atoms with Crippen molar-refractivity contribution in [1.82, 2.24) is 14.8 Å². The lowest BCUT2D eigenvalue weighted by atomic mass is 9.93. The number of esters is 1. The first-order valence-corrected chi connectivity index (χ1v) is 13.2. The van der Waals surface area contributed by atoms with Crippen LogP contribution in [0.1, 0.15) is 55.5 Å². The highest BCUT2D eigenvalue weighted by atomic mass is 32.2. The van der Waals surface area contributed by atoms with Crippen LogP contribution in [0.15, 0.2) is 76.6 Å². The molecule has 1 aromatic carbocycles. The number of methoxy groups -OCH3 is 1. The van der Waals surface area contributed by atoms with Crippen LogP contribution in [0.4, 0.5) is 0 Å². The van der Waals surface area contributed by atoms with E-state index >= 15 is 0 Å². The molecule has 0 spiro atoms. The average Bonchev–Trinajstić information content (AvgIpc) is 3.57. The normalized spacial score (nSPS) is 15.7. The topological polar surface area (TPSA) is 113 Å². The highest BCUT2D eigenvalue weighted by molar-refractivity contribution is 7.99. The Kier molecular flexibility index (Phi) is 6.74. The van der Waals surface area contributed by atoms with Gasteiger partial charge in [-0.05, 0) is 36.1 Å². The summed E-state index contributed by atoms with van der Waals surface area (Å²) in [6, 6.07) is 10.8. The molecule has 3 aromatic heterocycles. The molecule has 0 amide bonds. The van der Waals surface area contributed by atoms with Gasteiger partial charge in [-0.15, -0.1) is 10.2 Å². The van der Waals surface area contributed by atoms with E-state index in [2.05, 4.69) is 29.0 Å². The zero-order valence-corrected chi connectivity index (χ0v) is 22.5. The maximum atomic E-state index is 13.7. The molecule has 0 radical (unpaired) electrons. The first-order chi connectivity index (χ1) is 17.7. The van der Waals surface area contributed by atoms with Gasteiger partial charge in [0.1, 0.15) is 5.76 Å². The summed E-state index contributed by atoms with van der Waals surface area (Å²) in [6.07, 6.45) is 1.67. The number of benzene rings is 1. The van der Waals surface area contributed by atoms with Gasteiger partial charge in [0.25, 0.3) is 10.8 Å². The number of ether oxygens (including phenoxy) is 1. The molecular formula is C26H24N4O5S2. The zero-order chi connectivity index (χ0) is 26.3. The maximum Gasteiger partial charge on any atom is 0.338 e. The molecule has 9 nitrogen and oxygen atoms in total. The van der Waals surface area contributed by atoms with Crippen LogP contribution < -0.4 is 14.9 Å². The van der Waals surface area contributed by atoms with Gasteiger partial charge in [0, 0.05) is 24.8 Å². The van der Waals surface area contributed by atoms with Crippen LogP contribution in [0.25, 0.3) is 6.08 Å². The van der Waals surface area contributed by atoms with Crippen molar-refractivity contribution in [2.75, 3.05) is 7.11 Å². The van der Waals surface area contributed by atoms with E-state index in [-0.39, 0.29) is 5.56 Å². The first kappa shape index (κ1) is 25.0. The number of nitrogens with zero attached hydrogens (tertiary/aromatic N) is 4. The number of carbonyl (C=O) groups is 1. The molecule has 4 aromatic rings. The van der Waals surface area contributed by atoms with Crippen molar-refractivity contribution in [2.24, 2.45) is 4.99 Å². The Hall–Kier alpha value is -3.70. The quantitative estimate of drug-likeness (QED) is 0.340. The van der Waals surface area contributed by atoms with Gasteiger partial charge in [-0.3, -0.25) is 9.36 Å². The minimum absolute atomic E-state index is 0.270. The van der Waals surface area contributed by atoms with Crippen molar-refractivity contribution >= 4 is 35.1 Å². The van der Waals surface area contributed by atoms with Gasteiger partial charge in [0.15, 0.2) is 9.89 Å². The Morgan fingerprint density at radius 1 is 1.14 bits per heavy atom. The standard InChI is InChI=1S/C26H24N4O5S2/c1-13(2)16-6-8-17(9-7-16)22-21(24(32)33-5)14(3)27-25-30(22)23(31)19(36-25)12-18-10-11-20(35-18)37-26-29-28-15(4)34-26/h6-13,22H,1-5H3. The Morgan fingerprint density at radius 3 is 2.54 bits per heavy atom. The summed E-state index contributed by atoms with van der Waals surface area (Å²) in [7, 11) is 1.33. The fourth-order valence-electron chi connectivity index (χ4n) is 4.07. The van der Waals surface area contributed by atoms with Gasteiger partial charge < -0.3 is 13.6 Å². The molecule has 0 saturated heterocycles. The van der Waals surface area contributed by atoms with Gasteiger partial charge in [0.2, 0.25) is 5.89 Å². The molecule has 37 heavy (non-hydrogen) atoms. The molecule has 5 rings (SSSR count). The number of furan rings is 1. The van der Waals surface area contributed by atoms with E-state index in [4.69, 9.17) is 13.6 Å². The minimum atomic E-state index is -0.657. The van der Waals surface area contributed by atoms with E-state index in [1.165, 1.54) is 35.8 Å². The monoisotopic (exact) mass is 536 g/mol. The van der Waals surface area contributed by atoms with Gasteiger partial charge in [-0.25, -0.2) is 9.79 Å². The van der Waals surface area contributed by atoms with E-state index in [9.17, 15) is 9.59 Å². The van der Waals surface area contributed by atoms with Crippen LogP contribution in [0.3, 0.4) is 0 Å². The molecule has 11 heteroatoms. The van der Waals surface area contributed by atoms with E-state index in [1.807, 2.05) is 24.3 Å². The second-order valence-corrected chi connectivity index (χ2v) is 10.7. The summed E-state index contributed by atoms with van der Waals surface area (Å²) in [5.41, 5.74) is 2.56. The molecule has 0 fully saturated rings. The van der Waals surface area contributed by atoms with Crippen LogP contribution >= 0.6 is 23.1 Å². The van der Waals surface area contributed by atoms with Crippen molar-refractivity contribution in [3.63, 3.8) is 0 Å². The summed E-state index contributed by atoms with van der Waals surface area (Å²) < 4.78 is 18.3. The fourth-order valence-corrected chi connectivity index (χ4v) is 5.79. The summed E-state index contributed by atoms with van der Waals surface area (Å²) in [6.45, 7) is 7.70. The van der Waals surface area contributed by atoms with Crippen LogP contribution in [0, 0.1) is 6.92 Å². The van der Waals surface area contributed by atoms with Crippen molar-refractivity contribution in [3.8, 4) is 0 Å². The molecular weight excluding hydrogens is 512 g/mol. The number of aryl methyl sites for hydroxylation is 1. The predicted molar refractivity (Wildman–Crippen MR) is 138 cm³/mol. The van der Waals surface area contributed by atoms with Crippen molar-refractivity contribution in [3.05, 3.63) is 90.1 Å². The number of allylic oxidation sites excluding steroid dienone is 1. The molecule has 1 atom stereocenters. The molecule has 4 heterocycles. The zero-order valence-electron chi connectivity index (χ0n) is 20.8. The van der Waals surface area contributed by atoms with Gasteiger partial charge in [-0.2, -0.15) is 0 Å². The third-order valence-corrected chi connectivity index (χ3v) is 7.66. The number of hydrogen-bond donors (Lipinski definition) is 0. The molecule has 1 unspecified atom stereocenters. The first-order valence-electron chi connectivity index (χ1n) is 11.5. The number of aromatic nitrogens is 3. The smallest absolute Gasteiger partial charge is 0.338 e. The second-order valence-electron chi connectivity index (χ2n) is 8.74. The van der Waals surface area contributed by atoms with Gasteiger partial charge in [-0.1, -0.05) is 49.4 Å². The average molecular weight is 537 g/mol. The molecule has 0 N–H and O–H groups in total. The van der Waals surface area contributed by atoms with Crippen LogP contribution in [-0.4, -0.2) is 27.8 Å². The molecule has 0 bridgehead atoms. The van der Waals surface area contributed by atoms with Crippen LogP contribution in [0.5, 0.6) is 0 Å². The van der Waals surface area contributed by atoms with E-state index in [1.54, 1.807) is 36.6 Å². The number of carbonyl (C=O) groups excluding carboxylic acids is 1. The Bertz CT molecular complexity index is 1690. The largest absolute Gasteiger partial charge is 0.466 e. The third-order valence-electron chi connectivity index (χ3n) is 5.92. The van der Waals surface area contributed by atoms with Crippen LogP contribution in [0.2, 0.25) is 0 Å². The third kappa shape index (κ3) is 4.84. The molecule has 1 aliphatic rings. The second kappa shape index (κ2) is 9.98. The van der Waals surface area contributed by atoms with E-state index in [0.717, 1.165) is 5.56 Å². The molecule has 1 aliphatic heterocycles. The molecule has 0 aliphatic carbocycles. The number of fused-ring (bicyclic) bond motifs is 1. The van der Waals surface area contributed by atoms with E-state index in [0.29, 0.717) is 48.5 Å². The van der Waals surface area contributed by atoms with Gasteiger partial charge in [0.05, 0.1) is 29.0 Å². The van der Waals surface area contributed by atoms with Gasteiger partial charge >= 0.3 is 5.97 Å². The highest BCUT2D eigenvalue weighted by Gasteiger charge is 2.33. The molecule has 190 valence electrons. The predicted octanol–water partition coefficient (Wildman–Crippen LogP) is 3.97. The summed E-state index contributed by atoms with van der Waals surface area (Å²) in [4.78, 5) is 31.6. The lowest BCUT2D eigenvalue weighted by Gasteiger charge is -2.24. The number of hydrogen-bond acceptors (Lipinski definition) is 10. The highest BCUT2D eigenvalue weighted by Crippen LogP contribution is 2.32. The van der Waals surface area contributed by atoms with Crippen LogP contribution in [-0.2, 0) is 9.53 Å². The lowest BCUT2D eigenvalue weighted by Crippen LogP contribution is -2.39. The lowest BCUT2D eigenvalue weighted by molar-refractivity contribution is -0.136.